The maximum absolute atomic E-state index is 11.9. The second-order valence-corrected chi connectivity index (χ2v) is 6.58. The number of amidine groups is 1. The Balaban J connectivity index is 0.00000312. The normalized spacial score (nSPS) is 12.4. The lowest BCUT2D eigenvalue weighted by molar-refractivity contribution is -0.116. The van der Waals surface area contributed by atoms with E-state index in [9.17, 15) is 19.1 Å². The highest BCUT2D eigenvalue weighted by molar-refractivity contribution is 7.52. The Kier molecular flexibility index (Phi) is 7.14. The second kappa shape index (κ2) is 8.64. The zero-order valence-corrected chi connectivity index (χ0v) is 14.5. The number of carbonyl (C=O) groups is 1. The summed E-state index contributed by atoms with van der Waals surface area (Å²) in [6.07, 6.45) is 3.93. The van der Waals surface area contributed by atoms with E-state index >= 15 is 0 Å². The summed E-state index contributed by atoms with van der Waals surface area (Å²) in [6.45, 7) is 0. The molecule has 8 nitrogen and oxygen atoms in total. The molecule has 1 atom stereocenters. The number of furan rings is 1. The molecule has 1 heterocycles. The van der Waals surface area contributed by atoms with Crippen molar-refractivity contribution in [1.82, 2.24) is 5.32 Å². The van der Waals surface area contributed by atoms with Gasteiger partial charge in [-0.2, -0.15) is 0 Å². The van der Waals surface area contributed by atoms with Crippen LogP contribution in [0.4, 0.5) is 0 Å². The van der Waals surface area contributed by atoms with Gasteiger partial charge in [-0.25, -0.2) is 0 Å². The van der Waals surface area contributed by atoms with Crippen LogP contribution >= 0.6 is 20.0 Å². The Labute approximate surface area is 149 Å². The number of benzene rings is 1. The van der Waals surface area contributed by atoms with Gasteiger partial charge in [-0.05, 0) is 23.8 Å². The Morgan fingerprint density at radius 1 is 1.28 bits per heavy atom. The lowest BCUT2D eigenvalue weighted by Gasteiger charge is -2.19. The molecule has 1 aromatic heterocycles. The van der Waals surface area contributed by atoms with Crippen molar-refractivity contribution in [2.75, 3.05) is 0 Å². The number of nitrogens with two attached hydrogens (primary N) is 1. The zero-order valence-electron chi connectivity index (χ0n) is 12.8. The van der Waals surface area contributed by atoms with Gasteiger partial charge in [0.1, 0.15) is 11.6 Å². The van der Waals surface area contributed by atoms with Gasteiger partial charge in [-0.15, -0.1) is 12.4 Å². The molecule has 1 aromatic carbocycles. The van der Waals surface area contributed by atoms with Gasteiger partial charge < -0.3 is 25.3 Å². The summed E-state index contributed by atoms with van der Waals surface area (Å²) in [4.78, 5) is 30.9. The molecule has 2 rings (SSSR count). The first-order valence-electron chi connectivity index (χ1n) is 6.79. The minimum Gasteiger partial charge on any atom is -0.465 e. The molecule has 25 heavy (non-hydrogen) atoms. The molecule has 0 saturated heterocycles. The maximum Gasteiger partial charge on any atom is 0.352 e. The Morgan fingerprint density at radius 2 is 1.92 bits per heavy atom. The van der Waals surface area contributed by atoms with E-state index in [0.717, 1.165) is 6.08 Å². The number of nitrogens with one attached hydrogen (secondary N) is 2. The highest BCUT2D eigenvalue weighted by atomic mass is 35.5. The Bertz CT molecular complexity index is 799. The van der Waals surface area contributed by atoms with Gasteiger partial charge in [0, 0.05) is 11.6 Å². The lowest BCUT2D eigenvalue weighted by atomic mass is 10.1. The number of halogens is 1. The van der Waals surface area contributed by atoms with Crippen molar-refractivity contribution in [3.8, 4) is 0 Å². The molecule has 0 fully saturated rings. The van der Waals surface area contributed by atoms with Crippen LogP contribution in [0.25, 0.3) is 6.08 Å². The fraction of sp³-hybridized carbons (Fsp3) is 0.0667. The predicted octanol–water partition coefficient (Wildman–Crippen LogP) is 1.99. The largest absolute Gasteiger partial charge is 0.465 e. The van der Waals surface area contributed by atoms with E-state index in [2.05, 4.69) is 5.32 Å². The SMILES string of the molecule is Cl.N=C(N)c1ccc(C(NC(=O)C=Cc2ccco2)P(=O)(O)O)cc1. The van der Waals surface area contributed by atoms with Gasteiger partial charge in [0.25, 0.3) is 0 Å². The first-order valence-corrected chi connectivity index (χ1v) is 8.47. The standard InChI is InChI=1S/C15H16N3O5P.ClH/c16-14(17)10-3-5-11(6-4-10)15(24(20,21)22)18-13(19)8-7-12-2-1-9-23-12;/h1-9,15H,(H3,16,17)(H,18,19)(H2,20,21,22);1H. The Morgan fingerprint density at radius 3 is 2.40 bits per heavy atom. The fourth-order valence-electron chi connectivity index (χ4n) is 1.93. The first-order chi connectivity index (χ1) is 11.3. The third-order valence-electron chi connectivity index (χ3n) is 3.09. The van der Waals surface area contributed by atoms with Crippen LogP contribution in [0.15, 0.2) is 53.2 Å². The number of rotatable bonds is 6. The highest BCUT2D eigenvalue weighted by Crippen LogP contribution is 2.49. The summed E-state index contributed by atoms with van der Waals surface area (Å²) in [6, 6.07) is 8.97. The van der Waals surface area contributed by atoms with Crippen molar-refractivity contribution in [2.24, 2.45) is 5.73 Å². The monoisotopic (exact) mass is 385 g/mol. The molecule has 1 amide bonds. The van der Waals surface area contributed by atoms with E-state index < -0.39 is 19.3 Å². The molecule has 0 radical (unpaired) electrons. The van der Waals surface area contributed by atoms with E-state index in [-0.39, 0.29) is 23.8 Å². The summed E-state index contributed by atoms with van der Waals surface area (Å²) in [5, 5.41) is 9.58. The Hall–Kier alpha value is -2.38. The third-order valence-corrected chi connectivity index (χ3v) is 4.19. The lowest BCUT2D eigenvalue weighted by Crippen LogP contribution is -2.27. The van der Waals surface area contributed by atoms with Crippen LogP contribution in [0.1, 0.15) is 22.7 Å². The average Bonchev–Trinajstić information content (AvgIpc) is 3.03. The summed E-state index contributed by atoms with van der Waals surface area (Å²) in [5.74, 6) is -1.92. The molecule has 0 saturated carbocycles. The smallest absolute Gasteiger partial charge is 0.352 e. The molecule has 0 bridgehead atoms. The van der Waals surface area contributed by atoms with Gasteiger partial charge in [-0.1, -0.05) is 24.3 Å². The summed E-state index contributed by atoms with van der Waals surface area (Å²) < 4.78 is 16.7. The third kappa shape index (κ3) is 5.88. The summed E-state index contributed by atoms with van der Waals surface area (Å²) in [5.41, 5.74) is 5.95. The maximum atomic E-state index is 11.9. The topological polar surface area (TPSA) is 150 Å². The second-order valence-electron chi connectivity index (χ2n) is 4.88. The number of hydrogen-bond donors (Lipinski definition) is 5. The van der Waals surface area contributed by atoms with Crippen LogP contribution in [0.5, 0.6) is 0 Å². The molecule has 0 aliphatic heterocycles. The van der Waals surface area contributed by atoms with Crippen molar-refractivity contribution >= 4 is 37.8 Å². The quantitative estimate of drug-likeness (QED) is 0.222. The van der Waals surface area contributed by atoms with Crippen LogP contribution in [0.2, 0.25) is 0 Å². The molecule has 0 aliphatic rings. The number of carbonyl (C=O) groups excluding carboxylic acids is 1. The predicted molar refractivity (Wildman–Crippen MR) is 95.4 cm³/mol. The van der Waals surface area contributed by atoms with Crippen molar-refractivity contribution in [3.05, 3.63) is 65.6 Å². The van der Waals surface area contributed by atoms with Crippen molar-refractivity contribution in [2.45, 2.75) is 5.78 Å². The highest BCUT2D eigenvalue weighted by Gasteiger charge is 2.31. The van der Waals surface area contributed by atoms with E-state index in [4.69, 9.17) is 15.6 Å². The molecule has 2 aromatic rings. The van der Waals surface area contributed by atoms with Crippen LogP contribution in [0.3, 0.4) is 0 Å². The minimum absolute atomic E-state index is 0. The van der Waals surface area contributed by atoms with Gasteiger partial charge >= 0.3 is 7.60 Å². The molecule has 0 aliphatic carbocycles. The fourth-order valence-corrected chi connectivity index (χ4v) is 2.79. The molecular formula is C15H17ClN3O5P. The molecule has 1 unspecified atom stereocenters. The van der Waals surface area contributed by atoms with Crippen LogP contribution < -0.4 is 11.1 Å². The van der Waals surface area contributed by atoms with Crippen LogP contribution in [0, 0.1) is 5.41 Å². The number of nitrogen functional groups attached to an aromatic ring is 1. The number of hydrogen-bond acceptors (Lipinski definition) is 4. The zero-order chi connectivity index (χ0) is 17.7. The van der Waals surface area contributed by atoms with Crippen LogP contribution in [-0.2, 0) is 9.36 Å². The van der Waals surface area contributed by atoms with Crippen molar-refractivity contribution in [3.63, 3.8) is 0 Å². The molecule has 10 heteroatoms. The summed E-state index contributed by atoms with van der Waals surface area (Å²) in [7, 11) is -4.65. The molecule has 0 spiro atoms. The van der Waals surface area contributed by atoms with Gasteiger partial charge in [0.05, 0.1) is 6.26 Å². The van der Waals surface area contributed by atoms with Gasteiger partial charge in [-0.3, -0.25) is 14.8 Å². The first kappa shape index (κ1) is 20.7. The van der Waals surface area contributed by atoms with E-state index in [1.807, 2.05) is 0 Å². The molecule has 6 N–H and O–H groups in total. The average molecular weight is 386 g/mol. The van der Waals surface area contributed by atoms with Crippen molar-refractivity contribution < 1.29 is 23.6 Å². The number of amides is 1. The van der Waals surface area contributed by atoms with E-state index in [1.54, 1.807) is 12.1 Å². The minimum atomic E-state index is -4.65. The van der Waals surface area contributed by atoms with E-state index in [1.165, 1.54) is 36.6 Å². The van der Waals surface area contributed by atoms with E-state index in [0.29, 0.717) is 11.3 Å². The molecular weight excluding hydrogens is 369 g/mol. The summed E-state index contributed by atoms with van der Waals surface area (Å²) >= 11 is 0. The van der Waals surface area contributed by atoms with Gasteiger partial charge in [0.2, 0.25) is 5.91 Å². The molecule has 134 valence electrons. The van der Waals surface area contributed by atoms with Gasteiger partial charge in [0.15, 0.2) is 5.78 Å². The van der Waals surface area contributed by atoms with Crippen molar-refractivity contribution in [1.29, 1.82) is 5.41 Å². The van der Waals surface area contributed by atoms with Crippen LogP contribution in [-0.4, -0.2) is 21.5 Å².